The number of benzene rings is 1. The van der Waals surface area contributed by atoms with E-state index in [9.17, 15) is 4.79 Å². The molecule has 2 amide bonds. The lowest BCUT2D eigenvalue weighted by Gasteiger charge is -2.21. The number of rotatable bonds is 1. The Bertz CT molecular complexity index is 468. The first-order valence-corrected chi connectivity index (χ1v) is 5.20. The van der Waals surface area contributed by atoms with Crippen LogP contribution in [0.2, 0.25) is 0 Å². The zero-order chi connectivity index (χ0) is 13.1. The fourth-order valence-corrected chi connectivity index (χ4v) is 1.26. The molecule has 0 saturated carbocycles. The molecule has 0 atom stereocenters. The molecular weight excluding hydrogens is 216 g/mol. The summed E-state index contributed by atoms with van der Waals surface area (Å²) in [6, 6.07) is 6.39. The molecule has 0 heterocycles. The summed E-state index contributed by atoms with van der Waals surface area (Å²) in [4.78, 5) is 11.6. The molecule has 0 aliphatic carbocycles. The van der Waals surface area contributed by atoms with Gasteiger partial charge in [0.05, 0.1) is 11.3 Å². The normalized spacial score (nSPS) is 10.5. The molecule has 0 saturated heterocycles. The van der Waals surface area contributed by atoms with E-state index in [1.54, 1.807) is 12.1 Å². The van der Waals surface area contributed by atoms with Crippen LogP contribution < -0.4 is 16.4 Å². The Morgan fingerprint density at radius 3 is 2.59 bits per heavy atom. The number of nitrogens with zero attached hydrogens (tertiary/aromatic N) is 1. The number of anilines is 2. The van der Waals surface area contributed by atoms with Crippen LogP contribution in [0.5, 0.6) is 0 Å². The van der Waals surface area contributed by atoms with Crippen molar-refractivity contribution in [2.24, 2.45) is 0 Å². The molecule has 90 valence electrons. The van der Waals surface area contributed by atoms with E-state index in [1.165, 1.54) is 6.07 Å². The zero-order valence-electron chi connectivity index (χ0n) is 10.2. The van der Waals surface area contributed by atoms with Crippen LogP contribution in [-0.4, -0.2) is 11.6 Å². The van der Waals surface area contributed by atoms with Crippen LogP contribution in [0.15, 0.2) is 18.2 Å². The largest absolute Gasteiger partial charge is 0.399 e. The Balaban J connectivity index is 2.83. The van der Waals surface area contributed by atoms with Gasteiger partial charge < -0.3 is 16.4 Å². The van der Waals surface area contributed by atoms with Gasteiger partial charge in [0.2, 0.25) is 0 Å². The molecular formula is C12H16N4O. The highest BCUT2D eigenvalue weighted by Crippen LogP contribution is 2.17. The zero-order valence-corrected chi connectivity index (χ0v) is 10.2. The van der Waals surface area contributed by atoms with Gasteiger partial charge in [0.1, 0.15) is 6.07 Å². The fourth-order valence-electron chi connectivity index (χ4n) is 1.26. The molecule has 5 heteroatoms. The van der Waals surface area contributed by atoms with Gasteiger partial charge in [-0.15, -0.1) is 0 Å². The number of carbonyl (C=O) groups excluding carboxylic acids is 1. The van der Waals surface area contributed by atoms with Gasteiger partial charge in [0, 0.05) is 11.2 Å². The van der Waals surface area contributed by atoms with Crippen molar-refractivity contribution in [1.82, 2.24) is 5.32 Å². The maximum atomic E-state index is 11.6. The maximum absolute atomic E-state index is 11.6. The molecule has 1 aromatic carbocycles. The predicted octanol–water partition coefficient (Wildman–Crippen LogP) is 2.06. The van der Waals surface area contributed by atoms with Crippen molar-refractivity contribution in [3.05, 3.63) is 23.8 Å². The van der Waals surface area contributed by atoms with Gasteiger partial charge >= 0.3 is 6.03 Å². The van der Waals surface area contributed by atoms with Crippen LogP contribution in [0.25, 0.3) is 0 Å². The van der Waals surface area contributed by atoms with Crippen LogP contribution >= 0.6 is 0 Å². The summed E-state index contributed by atoms with van der Waals surface area (Å²) in [5.41, 5.74) is 6.51. The number of amides is 2. The third kappa shape index (κ3) is 4.03. The predicted molar refractivity (Wildman–Crippen MR) is 67.5 cm³/mol. The monoisotopic (exact) mass is 232 g/mol. The van der Waals surface area contributed by atoms with E-state index in [2.05, 4.69) is 10.6 Å². The van der Waals surface area contributed by atoms with Crippen molar-refractivity contribution >= 4 is 17.4 Å². The Morgan fingerprint density at radius 2 is 2.06 bits per heavy atom. The molecule has 0 aliphatic heterocycles. The quantitative estimate of drug-likeness (QED) is 0.647. The second kappa shape index (κ2) is 4.74. The summed E-state index contributed by atoms with van der Waals surface area (Å²) in [6.45, 7) is 5.63. The highest BCUT2D eigenvalue weighted by atomic mass is 16.2. The van der Waals surface area contributed by atoms with Gasteiger partial charge in [-0.3, -0.25) is 0 Å². The first kappa shape index (κ1) is 12.8. The van der Waals surface area contributed by atoms with Gasteiger partial charge in [0.25, 0.3) is 0 Å². The van der Waals surface area contributed by atoms with Crippen molar-refractivity contribution in [2.45, 2.75) is 26.3 Å². The topological polar surface area (TPSA) is 90.9 Å². The number of hydrogen-bond donors (Lipinski definition) is 3. The van der Waals surface area contributed by atoms with Gasteiger partial charge in [-0.1, -0.05) is 0 Å². The Kier molecular flexibility index (Phi) is 3.59. The van der Waals surface area contributed by atoms with Crippen molar-refractivity contribution in [1.29, 1.82) is 5.26 Å². The number of urea groups is 1. The van der Waals surface area contributed by atoms with E-state index in [0.717, 1.165) is 0 Å². The molecule has 0 fully saturated rings. The molecule has 0 aromatic heterocycles. The van der Waals surface area contributed by atoms with Crippen molar-refractivity contribution in [3.63, 3.8) is 0 Å². The molecule has 1 aromatic rings. The van der Waals surface area contributed by atoms with E-state index >= 15 is 0 Å². The van der Waals surface area contributed by atoms with E-state index in [4.69, 9.17) is 11.0 Å². The van der Waals surface area contributed by atoms with Gasteiger partial charge in [-0.25, -0.2) is 4.79 Å². The average Bonchev–Trinajstić information content (AvgIpc) is 2.17. The van der Waals surface area contributed by atoms with Crippen LogP contribution in [0.1, 0.15) is 26.3 Å². The van der Waals surface area contributed by atoms with Gasteiger partial charge in [-0.05, 0) is 39.0 Å². The lowest BCUT2D eigenvalue weighted by molar-refractivity contribution is 0.244. The average molecular weight is 232 g/mol. The third-order valence-corrected chi connectivity index (χ3v) is 1.90. The first-order valence-electron chi connectivity index (χ1n) is 5.20. The number of nitriles is 1. The second-order valence-electron chi connectivity index (χ2n) is 4.75. The number of hydrogen-bond acceptors (Lipinski definition) is 3. The minimum atomic E-state index is -0.348. The molecule has 1 rings (SSSR count). The molecule has 0 spiro atoms. The summed E-state index contributed by atoms with van der Waals surface area (Å²) in [5.74, 6) is 0. The first-order chi connectivity index (χ1) is 7.81. The van der Waals surface area contributed by atoms with Crippen LogP contribution in [-0.2, 0) is 0 Å². The van der Waals surface area contributed by atoms with E-state index in [-0.39, 0.29) is 11.6 Å². The summed E-state index contributed by atoms with van der Waals surface area (Å²) >= 11 is 0. The summed E-state index contributed by atoms with van der Waals surface area (Å²) in [5, 5.41) is 14.3. The standard InChI is InChI=1S/C12H16N4O/c1-12(2,3)16-11(17)15-10-5-4-9(14)6-8(10)7-13/h4-6H,14H2,1-3H3,(H2,15,16,17). The summed E-state index contributed by atoms with van der Waals surface area (Å²) < 4.78 is 0. The highest BCUT2D eigenvalue weighted by molar-refractivity contribution is 5.91. The molecule has 0 radical (unpaired) electrons. The van der Waals surface area contributed by atoms with E-state index in [1.807, 2.05) is 26.8 Å². The van der Waals surface area contributed by atoms with Crippen molar-refractivity contribution in [3.8, 4) is 6.07 Å². The highest BCUT2D eigenvalue weighted by Gasteiger charge is 2.14. The van der Waals surface area contributed by atoms with Crippen molar-refractivity contribution in [2.75, 3.05) is 11.1 Å². The molecule has 17 heavy (non-hydrogen) atoms. The molecule has 0 bridgehead atoms. The number of nitrogens with two attached hydrogens (primary N) is 1. The van der Waals surface area contributed by atoms with Crippen LogP contribution in [0, 0.1) is 11.3 Å². The Hall–Kier alpha value is -2.22. The molecule has 0 unspecified atom stereocenters. The molecule has 5 nitrogen and oxygen atoms in total. The smallest absolute Gasteiger partial charge is 0.319 e. The number of nitrogen functional groups attached to an aromatic ring is 1. The van der Waals surface area contributed by atoms with E-state index < -0.39 is 0 Å². The minimum absolute atomic E-state index is 0.329. The molecule has 0 aliphatic rings. The number of carbonyl (C=O) groups is 1. The van der Waals surface area contributed by atoms with Crippen molar-refractivity contribution < 1.29 is 4.79 Å². The van der Waals surface area contributed by atoms with Crippen LogP contribution in [0.4, 0.5) is 16.2 Å². The fraction of sp³-hybridized carbons (Fsp3) is 0.333. The van der Waals surface area contributed by atoms with E-state index in [0.29, 0.717) is 16.9 Å². The molecule has 4 N–H and O–H groups in total. The lowest BCUT2D eigenvalue weighted by atomic mass is 10.1. The third-order valence-electron chi connectivity index (χ3n) is 1.90. The van der Waals surface area contributed by atoms with Gasteiger partial charge in [0.15, 0.2) is 0 Å². The lowest BCUT2D eigenvalue weighted by Crippen LogP contribution is -2.43. The maximum Gasteiger partial charge on any atom is 0.319 e. The number of nitrogens with one attached hydrogen (secondary N) is 2. The Morgan fingerprint density at radius 1 is 1.41 bits per heavy atom. The SMILES string of the molecule is CC(C)(C)NC(=O)Nc1ccc(N)cc1C#N. The summed E-state index contributed by atoms with van der Waals surface area (Å²) in [6.07, 6.45) is 0. The second-order valence-corrected chi connectivity index (χ2v) is 4.75. The summed E-state index contributed by atoms with van der Waals surface area (Å²) in [7, 11) is 0. The minimum Gasteiger partial charge on any atom is -0.399 e. The van der Waals surface area contributed by atoms with Crippen LogP contribution in [0.3, 0.4) is 0 Å². The Labute approximate surface area is 101 Å². The van der Waals surface area contributed by atoms with Gasteiger partial charge in [-0.2, -0.15) is 5.26 Å².